The molecule has 0 bridgehead atoms. The maximum absolute atomic E-state index is 12.7. The van der Waals surface area contributed by atoms with Gasteiger partial charge in [-0.05, 0) is 24.1 Å². The Bertz CT molecular complexity index is 918. The third-order valence-electron chi connectivity index (χ3n) is 4.59. The Morgan fingerprint density at radius 2 is 2.04 bits per heavy atom. The SMILES string of the molecule is O=C(N[C@@H](CN1CCCC1=O)c1ccccc1)c1cc(-c2ccco2)on1. The molecule has 0 unspecified atom stereocenters. The maximum atomic E-state index is 12.7. The number of likely N-dealkylation sites (tertiary alicyclic amines) is 1. The highest BCUT2D eigenvalue weighted by atomic mass is 16.5. The Hall–Kier alpha value is -3.35. The second-order valence-electron chi connectivity index (χ2n) is 6.43. The number of hydrogen-bond acceptors (Lipinski definition) is 5. The van der Waals surface area contributed by atoms with Crippen LogP contribution in [0.1, 0.15) is 34.9 Å². The summed E-state index contributed by atoms with van der Waals surface area (Å²) >= 11 is 0. The molecule has 2 amide bonds. The van der Waals surface area contributed by atoms with Gasteiger partial charge < -0.3 is 19.2 Å². The van der Waals surface area contributed by atoms with Crippen molar-refractivity contribution in [3.63, 3.8) is 0 Å². The largest absolute Gasteiger partial charge is 0.461 e. The molecule has 1 saturated heterocycles. The van der Waals surface area contributed by atoms with Crippen molar-refractivity contribution in [3.05, 3.63) is 66.1 Å². The third kappa shape index (κ3) is 3.76. The first-order valence-corrected chi connectivity index (χ1v) is 8.85. The van der Waals surface area contributed by atoms with E-state index in [1.54, 1.807) is 17.0 Å². The van der Waals surface area contributed by atoms with E-state index in [-0.39, 0.29) is 23.6 Å². The molecule has 7 nitrogen and oxygen atoms in total. The lowest BCUT2D eigenvalue weighted by Crippen LogP contribution is -2.38. The van der Waals surface area contributed by atoms with Crippen molar-refractivity contribution in [2.75, 3.05) is 13.1 Å². The summed E-state index contributed by atoms with van der Waals surface area (Å²) in [5.74, 6) is 0.642. The lowest BCUT2D eigenvalue weighted by Gasteiger charge is -2.24. The van der Waals surface area contributed by atoms with E-state index in [4.69, 9.17) is 8.94 Å². The van der Waals surface area contributed by atoms with Gasteiger partial charge in [0.1, 0.15) is 0 Å². The van der Waals surface area contributed by atoms with E-state index in [1.807, 2.05) is 30.3 Å². The summed E-state index contributed by atoms with van der Waals surface area (Å²) in [4.78, 5) is 26.5. The molecule has 1 N–H and O–H groups in total. The van der Waals surface area contributed by atoms with Gasteiger partial charge in [-0.2, -0.15) is 0 Å². The number of nitrogens with zero attached hydrogens (tertiary/aromatic N) is 2. The lowest BCUT2D eigenvalue weighted by molar-refractivity contribution is -0.128. The molecule has 0 radical (unpaired) electrons. The normalized spacial score (nSPS) is 15.1. The number of aromatic nitrogens is 1. The smallest absolute Gasteiger partial charge is 0.274 e. The summed E-state index contributed by atoms with van der Waals surface area (Å²) in [7, 11) is 0. The van der Waals surface area contributed by atoms with Crippen LogP contribution in [-0.4, -0.2) is 35.0 Å². The molecule has 1 aromatic carbocycles. The molecule has 7 heteroatoms. The number of carbonyl (C=O) groups excluding carboxylic acids is 2. The number of benzene rings is 1. The zero-order chi connectivity index (χ0) is 18.6. The van der Waals surface area contributed by atoms with Gasteiger partial charge >= 0.3 is 0 Å². The van der Waals surface area contributed by atoms with Gasteiger partial charge in [-0.1, -0.05) is 35.5 Å². The fourth-order valence-electron chi connectivity index (χ4n) is 3.19. The molecule has 138 valence electrons. The Kier molecular flexibility index (Phi) is 4.74. The Balaban J connectivity index is 1.52. The molecule has 1 fully saturated rings. The summed E-state index contributed by atoms with van der Waals surface area (Å²) in [6, 6.07) is 14.3. The van der Waals surface area contributed by atoms with Crippen LogP contribution in [0, 0.1) is 0 Å². The average molecular weight is 365 g/mol. The van der Waals surface area contributed by atoms with Crippen molar-refractivity contribution in [2.45, 2.75) is 18.9 Å². The van der Waals surface area contributed by atoms with E-state index in [0.29, 0.717) is 31.0 Å². The Labute approximate surface area is 155 Å². The third-order valence-corrected chi connectivity index (χ3v) is 4.59. The standard InChI is InChI=1S/C20H19N3O4/c24-19-9-4-10-23(19)13-16(14-6-2-1-3-7-14)21-20(25)15-12-18(27-22-15)17-8-5-11-26-17/h1-3,5-8,11-12,16H,4,9-10,13H2,(H,21,25)/t16-/m0/s1. The van der Waals surface area contributed by atoms with Gasteiger partial charge in [0.15, 0.2) is 11.5 Å². The molecule has 3 heterocycles. The first-order valence-electron chi connectivity index (χ1n) is 8.85. The van der Waals surface area contributed by atoms with E-state index in [1.165, 1.54) is 12.3 Å². The highest BCUT2D eigenvalue weighted by Crippen LogP contribution is 2.22. The minimum atomic E-state index is -0.364. The second kappa shape index (κ2) is 7.49. The van der Waals surface area contributed by atoms with Crippen LogP contribution in [-0.2, 0) is 4.79 Å². The van der Waals surface area contributed by atoms with Gasteiger partial charge in [-0.15, -0.1) is 0 Å². The van der Waals surface area contributed by atoms with Gasteiger partial charge in [0.25, 0.3) is 5.91 Å². The number of rotatable bonds is 6. The summed E-state index contributed by atoms with van der Waals surface area (Å²) in [5.41, 5.74) is 1.09. The van der Waals surface area contributed by atoms with Crippen molar-refractivity contribution in [2.24, 2.45) is 0 Å². The van der Waals surface area contributed by atoms with Crippen LogP contribution < -0.4 is 5.32 Å². The molecule has 0 aliphatic carbocycles. The Morgan fingerprint density at radius 3 is 2.74 bits per heavy atom. The predicted molar refractivity (Wildman–Crippen MR) is 96.7 cm³/mol. The monoisotopic (exact) mass is 365 g/mol. The van der Waals surface area contributed by atoms with Crippen molar-refractivity contribution >= 4 is 11.8 Å². The highest BCUT2D eigenvalue weighted by Gasteiger charge is 2.26. The molecule has 1 aliphatic rings. The molecule has 0 spiro atoms. The maximum Gasteiger partial charge on any atom is 0.274 e. The second-order valence-corrected chi connectivity index (χ2v) is 6.43. The molecule has 1 aliphatic heterocycles. The number of carbonyl (C=O) groups is 2. The summed E-state index contributed by atoms with van der Waals surface area (Å²) in [6.45, 7) is 1.14. The van der Waals surface area contributed by atoms with Gasteiger partial charge in [0, 0.05) is 25.6 Å². The molecule has 1 atom stereocenters. The number of nitrogens with one attached hydrogen (secondary N) is 1. The van der Waals surface area contributed by atoms with Crippen LogP contribution in [0.3, 0.4) is 0 Å². The number of amides is 2. The fourth-order valence-corrected chi connectivity index (χ4v) is 3.19. The van der Waals surface area contributed by atoms with E-state index in [9.17, 15) is 9.59 Å². The first kappa shape index (κ1) is 17.1. The highest BCUT2D eigenvalue weighted by molar-refractivity contribution is 5.93. The number of hydrogen-bond donors (Lipinski definition) is 1. The summed E-state index contributed by atoms with van der Waals surface area (Å²) < 4.78 is 10.5. The van der Waals surface area contributed by atoms with E-state index < -0.39 is 0 Å². The molecule has 3 aromatic rings. The van der Waals surface area contributed by atoms with Crippen LogP contribution in [0.5, 0.6) is 0 Å². The lowest BCUT2D eigenvalue weighted by atomic mass is 10.1. The van der Waals surface area contributed by atoms with Gasteiger partial charge in [0.05, 0.1) is 12.3 Å². The van der Waals surface area contributed by atoms with Crippen LogP contribution >= 0.6 is 0 Å². The van der Waals surface area contributed by atoms with Crippen molar-refractivity contribution < 1.29 is 18.5 Å². The minimum absolute atomic E-state index is 0.117. The van der Waals surface area contributed by atoms with E-state index >= 15 is 0 Å². The summed E-state index contributed by atoms with van der Waals surface area (Å²) in [6.07, 6.45) is 2.94. The van der Waals surface area contributed by atoms with E-state index in [0.717, 1.165) is 12.0 Å². The molecule has 27 heavy (non-hydrogen) atoms. The van der Waals surface area contributed by atoms with Crippen LogP contribution in [0.25, 0.3) is 11.5 Å². The van der Waals surface area contributed by atoms with Crippen molar-refractivity contribution in [3.8, 4) is 11.5 Å². The average Bonchev–Trinajstić information content (AvgIpc) is 3.44. The molecule has 2 aromatic heterocycles. The summed E-state index contributed by atoms with van der Waals surface area (Å²) in [5, 5.41) is 6.81. The molecule has 4 rings (SSSR count). The van der Waals surface area contributed by atoms with Gasteiger partial charge in [0.2, 0.25) is 11.7 Å². The van der Waals surface area contributed by atoms with Crippen molar-refractivity contribution in [1.29, 1.82) is 0 Å². The predicted octanol–water partition coefficient (Wildman–Crippen LogP) is 3.03. The zero-order valence-corrected chi connectivity index (χ0v) is 14.6. The van der Waals surface area contributed by atoms with E-state index in [2.05, 4.69) is 10.5 Å². The first-order chi connectivity index (χ1) is 13.2. The molecule has 0 saturated carbocycles. The van der Waals surface area contributed by atoms with Crippen LogP contribution in [0.2, 0.25) is 0 Å². The van der Waals surface area contributed by atoms with Gasteiger partial charge in [-0.25, -0.2) is 0 Å². The van der Waals surface area contributed by atoms with Gasteiger partial charge in [-0.3, -0.25) is 9.59 Å². The van der Waals surface area contributed by atoms with Crippen LogP contribution in [0.4, 0.5) is 0 Å². The minimum Gasteiger partial charge on any atom is -0.461 e. The topological polar surface area (TPSA) is 88.6 Å². The fraction of sp³-hybridized carbons (Fsp3) is 0.250. The molecular weight excluding hydrogens is 346 g/mol. The zero-order valence-electron chi connectivity index (χ0n) is 14.6. The van der Waals surface area contributed by atoms with Crippen molar-refractivity contribution in [1.82, 2.24) is 15.4 Å². The van der Waals surface area contributed by atoms with Crippen LogP contribution in [0.15, 0.2) is 63.7 Å². The quantitative estimate of drug-likeness (QED) is 0.725. The number of furan rings is 1. The Morgan fingerprint density at radius 1 is 1.19 bits per heavy atom. The molecular formula is C20H19N3O4.